The van der Waals surface area contributed by atoms with Gasteiger partial charge in [0.25, 0.3) is 0 Å². The molecule has 0 radical (unpaired) electrons. The summed E-state index contributed by atoms with van der Waals surface area (Å²) in [5.41, 5.74) is 3.84. The summed E-state index contributed by atoms with van der Waals surface area (Å²) >= 11 is 0. The zero-order valence-electron chi connectivity index (χ0n) is 12.0. The van der Waals surface area contributed by atoms with Crippen molar-refractivity contribution in [2.45, 2.75) is 52.6 Å². The van der Waals surface area contributed by atoms with Crippen LogP contribution in [0.3, 0.4) is 0 Å². The fourth-order valence-electron chi connectivity index (χ4n) is 3.00. The van der Waals surface area contributed by atoms with E-state index in [2.05, 4.69) is 37.7 Å². The molecule has 4 heteroatoms. The minimum Gasteiger partial charge on any atom is -0.381 e. The van der Waals surface area contributed by atoms with Crippen LogP contribution in [-0.2, 0) is 4.74 Å². The van der Waals surface area contributed by atoms with Crippen molar-refractivity contribution >= 4 is 0 Å². The molecule has 1 aliphatic rings. The molecule has 2 rings (SSSR count). The van der Waals surface area contributed by atoms with E-state index in [1.54, 1.807) is 0 Å². The zero-order chi connectivity index (χ0) is 13.1. The van der Waals surface area contributed by atoms with Crippen LogP contribution in [0, 0.1) is 13.8 Å². The molecule has 1 aromatic rings. The minimum absolute atomic E-state index is 0.378. The van der Waals surface area contributed by atoms with E-state index in [9.17, 15) is 0 Å². The first kappa shape index (κ1) is 13.6. The highest BCUT2D eigenvalue weighted by Crippen LogP contribution is 2.27. The Balaban J connectivity index is 2.24. The molecular weight excluding hydrogens is 226 g/mol. The van der Waals surface area contributed by atoms with Gasteiger partial charge in [0.1, 0.15) is 0 Å². The maximum atomic E-state index is 5.43. The number of hydrogen-bond donors (Lipinski definition) is 1. The lowest BCUT2D eigenvalue weighted by molar-refractivity contribution is 0.0655. The molecule has 2 heterocycles. The topological polar surface area (TPSA) is 39.1 Å². The Morgan fingerprint density at radius 1 is 1.39 bits per heavy atom. The van der Waals surface area contributed by atoms with Crippen LogP contribution in [-0.4, -0.2) is 29.5 Å². The summed E-state index contributed by atoms with van der Waals surface area (Å²) in [7, 11) is 0. The second kappa shape index (κ2) is 5.85. The molecule has 1 unspecified atom stereocenters. The largest absolute Gasteiger partial charge is 0.381 e. The molecule has 4 nitrogen and oxygen atoms in total. The van der Waals surface area contributed by atoms with E-state index >= 15 is 0 Å². The fraction of sp³-hybridized carbons (Fsp3) is 0.786. The summed E-state index contributed by atoms with van der Waals surface area (Å²) in [4.78, 5) is 0. The van der Waals surface area contributed by atoms with Gasteiger partial charge in [-0.1, -0.05) is 6.92 Å². The van der Waals surface area contributed by atoms with Gasteiger partial charge in [-0.15, -0.1) is 0 Å². The van der Waals surface area contributed by atoms with Crippen molar-refractivity contribution < 1.29 is 4.74 Å². The molecule has 0 bridgehead atoms. The lowest BCUT2D eigenvalue weighted by Gasteiger charge is -2.24. The Bertz CT molecular complexity index is 394. The van der Waals surface area contributed by atoms with Crippen LogP contribution in [0.2, 0.25) is 0 Å². The van der Waals surface area contributed by atoms with E-state index in [1.165, 1.54) is 11.3 Å². The summed E-state index contributed by atoms with van der Waals surface area (Å²) in [6.45, 7) is 11.4. The molecular formula is C14H25N3O. The smallest absolute Gasteiger partial charge is 0.0644 e. The van der Waals surface area contributed by atoms with Gasteiger partial charge in [-0.2, -0.15) is 5.10 Å². The second-order valence-corrected chi connectivity index (χ2v) is 5.15. The van der Waals surface area contributed by atoms with Crippen molar-refractivity contribution in [2.75, 3.05) is 19.8 Å². The molecule has 1 aliphatic heterocycles. The summed E-state index contributed by atoms with van der Waals surface area (Å²) in [6.07, 6.45) is 2.16. The second-order valence-electron chi connectivity index (χ2n) is 5.15. The van der Waals surface area contributed by atoms with Crippen LogP contribution in [0.1, 0.15) is 55.7 Å². The molecule has 1 N–H and O–H groups in total. The molecule has 0 spiro atoms. The Morgan fingerprint density at radius 3 is 2.67 bits per heavy atom. The van der Waals surface area contributed by atoms with Crippen LogP contribution in [0.25, 0.3) is 0 Å². The van der Waals surface area contributed by atoms with Crippen molar-refractivity contribution in [3.05, 3.63) is 17.0 Å². The number of ether oxygens (including phenoxy) is 1. The van der Waals surface area contributed by atoms with Crippen molar-refractivity contribution in [1.29, 1.82) is 0 Å². The van der Waals surface area contributed by atoms with Crippen LogP contribution >= 0.6 is 0 Å². The Kier molecular flexibility index (Phi) is 4.40. The normalized spacial score (nSPS) is 19.1. The van der Waals surface area contributed by atoms with E-state index in [1.807, 2.05) is 0 Å². The van der Waals surface area contributed by atoms with E-state index in [4.69, 9.17) is 9.84 Å². The van der Waals surface area contributed by atoms with E-state index < -0.39 is 0 Å². The lowest BCUT2D eigenvalue weighted by atomic mass is 10.1. The van der Waals surface area contributed by atoms with Gasteiger partial charge >= 0.3 is 0 Å². The highest BCUT2D eigenvalue weighted by molar-refractivity contribution is 5.28. The van der Waals surface area contributed by atoms with Gasteiger partial charge in [0, 0.05) is 30.5 Å². The molecule has 0 saturated carbocycles. The summed E-state index contributed by atoms with van der Waals surface area (Å²) in [5, 5.41) is 8.24. The standard InChI is InChI=1S/C14H25N3O/c1-5-15-10(2)14-11(3)16-17(12(14)4)13-6-8-18-9-7-13/h10,13,15H,5-9H2,1-4H3. The van der Waals surface area contributed by atoms with Crippen molar-refractivity contribution in [1.82, 2.24) is 15.1 Å². The fourth-order valence-corrected chi connectivity index (χ4v) is 3.00. The predicted octanol–water partition coefficient (Wildman–Crippen LogP) is 2.52. The zero-order valence-corrected chi connectivity index (χ0v) is 12.0. The third kappa shape index (κ3) is 2.59. The number of rotatable bonds is 4. The third-order valence-corrected chi connectivity index (χ3v) is 3.86. The molecule has 0 amide bonds. The minimum atomic E-state index is 0.378. The molecule has 18 heavy (non-hydrogen) atoms. The first-order valence-electron chi connectivity index (χ1n) is 7.01. The summed E-state index contributed by atoms with van der Waals surface area (Å²) in [5.74, 6) is 0. The van der Waals surface area contributed by atoms with Gasteiger partial charge in [-0.05, 0) is 40.2 Å². The number of nitrogens with one attached hydrogen (secondary N) is 1. The molecule has 1 aromatic heterocycles. The highest BCUT2D eigenvalue weighted by Gasteiger charge is 2.23. The van der Waals surface area contributed by atoms with Crippen LogP contribution in [0.5, 0.6) is 0 Å². The summed E-state index contributed by atoms with van der Waals surface area (Å²) < 4.78 is 7.65. The van der Waals surface area contributed by atoms with E-state index in [0.717, 1.165) is 38.3 Å². The SMILES string of the molecule is CCNC(C)c1c(C)nn(C2CCOCC2)c1C. The van der Waals surface area contributed by atoms with Gasteiger partial charge < -0.3 is 10.1 Å². The van der Waals surface area contributed by atoms with E-state index in [0.29, 0.717) is 12.1 Å². The van der Waals surface area contributed by atoms with Gasteiger partial charge in [0.15, 0.2) is 0 Å². The lowest BCUT2D eigenvalue weighted by Crippen LogP contribution is -2.22. The van der Waals surface area contributed by atoms with Gasteiger partial charge in [0.05, 0.1) is 11.7 Å². The van der Waals surface area contributed by atoms with Gasteiger partial charge in [-0.3, -0.25) is 4.68 Å². The molecule has 0 aliphatic carbocycles. The van der Waals surface area contributed by atoms with Gasteiger partial charge in [0.2, 0.25) is 0 Å². The predicted molar refractivity (Wildman–Crippen MR) is 72.9 cm³/mol. The quantitative estimate of drug-likeness (QED) is 0.893. The Hall–Kier alpha value is -0.870. The molecule has 0 aromatic carbocycles. The monoisotopic (exact) mass is 251 g/mol. The van der Waals surface area contributed by atoms with Crippen LogP contribution in [0.4, 0.5) is 0 Å². The van der Waals surface area contributed by atoms with Crippen LogP contribution < -0.4 is 5.32 Å². The molecule has 1 atom stereocenters. The molecule has 1 fully saturated rings. The highest BCUT2D eigenvalue weighted by atomic mass is 16.5. The summed E-state index contributed by atoms with van der Waals surface area (Å²) in [6, 6.07) is 0.892. The Labute approximate surface area is 110 Å². The number of nitrogens with zero attached hydrogens (tertiary/aromatic N) is 2. The Morgan fingerprint density at radius 2 is 2.06 bits per heavy atom. The number of aryl methyl sites for hydroxylation is 1. The maximum Gasteiger partial charge on any atom is 0.0644 e. The number of aromatic nitrogens is 2. The maximum absolute atomic E-state index is 5.43. The van der Waals surface area contributed by atoms with Gasteiger partial charge in [-0.25, -0.2) is 0 Å². The van der Waals surface area contributed by atoms with Crippen molar-refractivity contribution in [3.63, 3.8) is 0 Å². The first-order valence-corrected chi connectivity index (χ1v) is 7.01. The third-order valence-electron chi connectivity index (χ3n) is 3.86. The molecule has 102 valence electrons. The average Bonchev–Trinajstić information content (AvgIpc) is 2.66. The van der Waals surface area contributed by atoms with E-state index in [-0.39, 0.29) is 0 Å². The average molecular weight is 251 g/mol. The van der Waals surface area contributed by atoms with Crippen molar-refractivity contribution in [3.8, 4) is 0 Å². The van der Waals surface area contributed by atoms with Crippen molar-refractivity contribution in [2.24, 2.45) is 0 Å². The van der Waals surface area contributed by atoms with Crippen LogP contribution in [0.15, 0.2) is 0 Å². The molecule has 1 saturated heterocycles. The first-order chi connectivity index (χ1) is 8.65. The number of hydrogen-bond acceptors (Lipinski definition) is 3.